The summed E-state index contributed by atoms with van der Waals surface area (Å²) in [7, 11) is 0. The molecule has 1 aliphatic rings. The third-order valence-electron chi connectivity index (χ3n) is 5.22. The summed E-state index contributed by atoms with van der Waals surface area (Å²) in [4.78, 5) is 17.0. The predicted octanol–water partition coefficient (Wildman–Crippen LogP) is 4.31. The van der Waals surface area contributed by atoms with Crippen molar-refractivity contribution >= 4 is 23.2 Å². The van der Waals surface area contributed by atoms with Crippen LogP contribution in [-0.4, -0.2) is 47.2 Å². The Morgan fingerprint density at radius 3 is 2.39 bits per heavy atom. The smallest absolute Gasteiger partial charge is 0.272 e. The van der Waals surface area contributed by atoms with Crippen molar-refractivity contribution < 1.29 is 4.79 Å². The standard InChI is InChI=1S/C22H23ClN4O/c1-15-3-8-19(16(2)13-15)20-14-21(25-24-20)22(28)27-11-9-26(10-12-27)18-6-4-17(23)5-7-18/h3-8,13-14H,9-12H2,1-2H3,(H,24,25). The molecule has 0 saturated carbocycles. The second-order valence-corrected chi connectivity index (χ2v) is 7.68. The van der Waals surface area contributed by atoms with Crippen LogP contribution in [0.3, 0.4) is 0 Å². The number of H-pyrrole nitrogens is 1. The molecule has 1 fully saturated rings. The zero-order valence-electron chi connectivity index (χ0n) is 16.1. The van der Waals surface area contributed by atoms with Gasteiger partial charge in [0.15, 0.2) is 0 Å². The average molecular weight is 395 g/mol. The number of halogens is 1. The number of carbonyl (C=O) groups is 1. The number of nitrogens with one attached hydrogen (secondary N) is 1. The first-order valence-electron chi connectivity index (χ1n) is 9.44. The van der Waals surface area contributed by atoms with E-state index < -0.39 is 0 Å². The molecule has 1 N–H and O–H groups in total. The number of benzene rings is 2. The van der Waals surface area contributed by atoms with Crippen LogP contribution in [0.4, 0.5) is 5.69 Å². The molecule has 4 rings (SSSR count). The first-order valence-corrected chi connectivity index (χ1v) is 9.82. The molecule has 0 atom stereocenters. The monoisotopic (exact) mass is 394 g/mol. The van der Waals surface area contributed by atoms with E-state index >= 15 is 0 Å². The van der Waals surface area contributed by atoms with E-state index in [0.717, 1.165) is 40.6 Å². The Balaban J connectivity index is 1.43. The minimum Gasteiger partial charge on any atom is -0.368 e. The number of carbonyl (C=O) groups excluding carboxylic acids is 1. The molecule has 1 saturated heterocycles. The van der Waals surface area contributed by atoms with Crippen LogP contribution in [-0.2, 0) is 0 Å². The summed E-state index contributed by atoms with van der Waals surface area (Å²) in [5.41, 5.74) is 5.90. The average Bonchev–Trinajstić information content (AvgIpc) is 3.18. The molecule has 2 heterocycles. The van der Waals surface area contributed by atoms with Gasteiger partial charge in [-0.1, -0.05) is 35.4 Å². The van der Waals surface area contributed by atoms with Crippen molar-refractivity contribution in [2.75, 3.05) is 31.1 Å². The maximum atomic E-state index is 12.9. The molecule has 0 spiro atoms. The number of rotatable bonds is 3. The number of hydrogen-bond acceptors (Lipinski definition) is 3. The van der Waals surface area contributed by atoms with Crippen LogP contribution < -0.4 is 4.90 Å². The second-order valence-electron chi connectivity index (χ2n) is 7.24. The summed E-state index contributed by atoms with van der Waals surface area (Å²) in [6.45, 7) is 7.09. The van der Waals surface area contributed by atoms with Gasteiger partial charge in [0.2, 0.25) is 0 Å². The van der Waals surface area contributed by atoms with Crippen LogP contribution in [0.15, 0.2) is 48.5 Å². The lowest BCUT2D eigenvalue weighted by Gasteiger charge is -2.35. The van der Waals surface area contributed by atoms with Gasteiger partial charge in [-0.3, -0.25) is 9.89 Å². The lowest BCUT2D eigenvalue weighted by Crippen LogP contribution is -2.48. The molecule has 28 heavy (non-hydrogen) atoms. The van der Waals surface area contributed by atoms with Gasteiger partial charge in [-0.2, -0.15) is 5.10 Å². The number of aromatic nitrogens is 2. The van der Waals surface area contributed by atoms with Gasteiger partial charge >= 0.3 is 0 Å². The Hall–Kier alpha value is -2.79. The first kappa shape index (κ1) is 18.6. The number of piperazine rings is 1. The van der Waals surface area contributed by atoms with E-state index in [-0.39, 0.29) is 5.91 Å². The SMILES string of the molecule is Cc1ccc(-c2cc(C(=O)N3CCN(c4ccc(Cl)cc4)CC3)[nH]n2)c(C)c1. The zero-order valence-corrected chi connectivity index (χ0v) is 16.8. The van der Waals surface area contributed by atoms with Crippen LogP contribution in [0.25, 0.3) is 11.3 Å². The summed E-state index contributed by atoms with van der Waals surface area (Å²) >= 11 is 5.97. The Bertz CT molecular complexity index is 988. The molecule has 1 aromatic heterocycles. The van der Waals surface area contributed by atoms with E-state index in [9.17, 15) is 4.79 Å². The topological polar surface area (TPSA) is 52.2 Å². The quantitative estimate of drug-likeness (QED) is 0.720. The number of aromatic amines is 1. The molecule has 144 valence electrons. The van der Waals surface area contributed by atoms with Crippen LogP contribution in [0.1, 0.15) is 21.6 Å². The number of nitrogens with zero attached hydrogens (tertiary/aromatic N) is 3. The largest absolute Gasteiger partial charge is 0.368 e. The summed E-state index contributed by atoms with van der Waals surface area (Å²) in [6, 6.07) is 15.9. The molecule has 0 radical (unpaired) electrons. The maximum absolute atomic E-state index is 12.9. The number of anilines is 1. The van der Waals surface area contributed by atoms with Gasteiger partial charge in [0.05, 0.1) is 5.69 Å². The molecule has 0 unspecified atom stereocenters. The highest BCUT2D eigenvalue weighted by atomic mass is 35.5. The Labute approximate surface area is 169 Å². The van der Waals surface area contributed by atoms with Gasteiger partial charge in [0.25, 0.3) is 5.91 Å². The zero-order chi connectivity index (χ0) is 19.7. The molecule has 2 aromatic carbocycles. The molecule has 0 bridgehead atoms. The highest BCUT2D eigenvalue weighted by Crippen LogP contribution is 2.24. The second kappa shape index (κ2) is 7.68. The molecular weight excluding hydrogens is 372 g/mol. The molecule has 1 aliphatic heterocycles. The molecule has 1 amide bonds. The lowest BCUT2D eigenvalue weighted by atomic mass is 10.0. The number of hydrogen-bond donors (Lipinski definition) is 1. The van der Waals surface area contributed by atoms with Crippen LogP contribution in [0.2, 0.25) is 5.02 Å². The minimum absolute atomic E-state index is 0.000675. The van der Waals surface area contributed by atoms with E-state index in [2.05, 4.69) is 47.1 Å². The van der Waals surface area contributed by atoms with Crippen molar-refractivity contribution in [2.45, 2.75) is 13.8 Å². The molecule has 0 aliphatic carbocycles. The maximum Gasteiger partial charge on any atom is 0.272 e. The summed E-state index contributed by atoms with van der Waals surface area (Å²) < 4.78 is 0. The van der Waals surface area contributed by atoms with Crippen molar-refractivity contribution in [2.24, 2.45) is 0 Å². The lowest BCUT2D eigenvalue weighted by molar-refractivity contribution is 0.0741. The normalized spacial score (nSPS) is 14.4. The number of aryl methyl sites for hydroxylation is 2. The Kier molecular flexibility index (Phi) is 5.09. The Morgan fingerprint density at radius 1 is 1.00 bits per heavy atom. The van der Waals surface area contributed by atoms with Crippen molar-refractivity contribution in [3.8, 4) is 11.3 Å². The first-order chi connectivity index (χ1) is 13.5. The predicted molar refractivity (Wildman–Crippen MR) is 113 cm³/mol. The fraction of sp³-hybridized carbons (Fsp3) is 0.273. The summed E-state index contributed by atoms with van der Waals surface area (Å²) in [6.07, 6.45) is 0. The van der Waals surface area contributed by atoms with E-state index in [1.807, 2.05) is 35.2 Å². The van der Waals surface area contributed by atoms with Gasteiger partial charge < -0.3 is 9.80 Å². The van der Waals surface area contributed by atoms with E-state index in [1.54, 1.807) is 0 Å². The van der Waals surface area contributed by atoms with Crippen LogP contribution >= 0.6 is 11.6 Å². The molecular formula is C22H23ClN4O. The van der Waals surface area contributed by atoms with Crippen molar-refractivity contribution in [3.63, 3.8) is 0 Å². The minimum atomic E-state index is -0.000675. The fourth-order valence-electron chi connectivity index (χ4n) is 3.66. The van der Waals surface area contributed by atoms with Gasteiger partial charge in [0.1, 0.15) is 5.69 Å². The van der Waals surface area contributed by atoms with E-state index in [4.69, 9.17) is 11.6 Å². The molecule has 3 aromatic rings. The van der Waals surface area contributed by atoms with Crippen molar-refractivity contribution in [1.29, 1.82) is 0 Å². The van der Waals surface area contributed by atoms with E-state index in [1.165, 1.54) is 5.56 Å². The van der Waals surface area contributed by atoms with Crippen molar-refractivity contribution in [3.05, 3.63) is 70.4 Å². The van der Waals surface area contributed by atoms with Crippen molar-refractivity contribution in [1.82, 2.24) is 15.1 Å². The summed E-state index contributed by atoms with van der Waals surface area (Å²) in [5.74, 6) is -0.000675. The molecule has 6 heteroatoms. The highest BCUT2D eigenvalue weighted by molar-refractivity contribution is 6.30. The van der Waals surface area contributed by atoms with E-state index in [0.29, 0.717) is 18.8 Å². The number of amides is 1. The third-order valence-corrected chi connectivity index (χ3v) is 5.48. The molecule has 5 nitrogen and oxygen atoms in total. The van der Waals surface area contributed by atoms with Gasteiger partial charge in [-0.15, -0.1) is 0 Å². The van der Waals surface area contributed by atoms with Gasteiger partial charge in [-0.25, -0.2) is 0 Å². The highest BCUT2D eigenvalue weighted by Gasteiger charge is 2.24. The van der Waals surface area contributed by atoms with Gasteiger partial charge in [0, 0.05) is 42.5 Å². The van der Waals surface area contributed by atoms with Crippen LogP contribution in [0.5, 0.6) is 0 Å². The van der Waals surface area contributed by atoms with Gasteiger partial charge in [-0.05, 0) is 49.7 Å². The summed E-state index contributed by atoms with van der Waals surface area (Å²) in [5, 5.41) is 8.02. The van der Waals surface area contributed by atoms with Crippen LogP contribution in [0, 0.1) is 13.8 Å². The Morgan fingerprint density at radius 2 is 1.71 bits per heavy atom. The fourth-order valence-corrected chi connectivity index (χ4v) is 3.79. The third kappa shape index (κ3) is 3.76.